The molecule has 0 radical (unpaired) electrons. The Kier molecular flexibility index (Phi) is 5.01. The van der Waals surface area contributed by atoms with Crippen LogP contribution in [0.5, 0.6) is 0 Å². The molecule has 1 aromatic carbocycles. The lowest BCUT2D eigenvalue weighted by Crippen LogP contribution is -2.41. The van der Waals surface area contributed by atoms with Crippen molar-refractivity contribution >= 4 is 5.69 Å². The van der Waals surface area contributed by atoms with E-state index in [9.17, 15) is 0 Å². The summed E-state index contributed by atoms with van der Waals surface area (Å²) in [6.07, 6.45) is 0. The third-order valence-electron chi connectivity index (χ3n) is 2.82. The van der Waals surface area contributed by atoms with Crippen molar-refractivity contribution in [3.05, 3.63) is 29.8 Å². The van der Waals surface area contributed by atoms with Gasteiger partial charge in [-0.1, -0.05) is 17.7 Å². The van der Waals surface area contributed by atoms with Crippen molar-refractivity contribution in [1.82, 2.24) is 5.32 Å². The van der Waals surface area contributed by atoms with Crippen LogP contribution in [0.25, 0.3) is 0 Å². The molecule has 0 heterocycles. The molecule has 0 aliphatic heterocycles. The maximum absolute atomic E-state index is 3.53. The van der Waals surface area contributed by atoms with Crippen LogP contribution < -0.4 is 10.2 Å². The van der Waals surface area contributed by atoms with Gasteiger partial charge < -0.3 is 10.2 Å². The molecule has 0 atom stereocenters. The van der Waals surface area contributed by atoms with Crippen molar-refractivity contribution in [2.45, 2.75) is 40.2 Å². The molecule has 2 heteroatoms. The highest BCUT2D eigenvalue weighted by molar-refractivity contribution is 5.47. The molecule has 0 bridgehead atoms. The molecule has 17 heavy (non-hydrogen) atoms. The predicted molar refractivity (Wildman–Crippen MR) is 76.8 cm³/mol. The van der Waals surface area contributed by atoms with E-state index in [-0.39, 0.29) is 5.54 Å². The summed E-state index contributed by atoms with van der Waals surface area (Å²) in [5, 5.41) is 3.53. The van der Waals surface area contributed by atoms with Crippen LogP contribution in [0.4, 0.5) is 5.69 Å². The Hall–Kier alpha value is -1.02. The Morgan fingerprint density at radius 3 is 2.18 bits per heavy atom. The summed E-state index contributed by atoms with van der Waals surface area (Å²) in [7, 11) is 0. The minimum Gasteiger partial charge on any atom is -0.371 e. The molecule has 0 spiro atoms. The van der Waals surface area contributed by atoms with E-state index in [4.69, 9.17) is 0 Å². The first-order valence-electron chi connectivity index (χ1n) is 6.49. The summed E-state index contributed by atoms with van der Waals surface area (Å²) in [4.78, 5) is 2.40. The summed E-state index contributed by atoms with van der Waals surface area (Å²) in [6.45, 7) is 14.1. The number of hydrogen-bond acceptors (Lipinski definition) is 2. The van der Waals surface area contributed by atoms with E-state index >= 15 is 0 Å². The van der Waals surface area contributed by atoms with Crippen LogP contribution in [0.2, 0.25) is 0 Å². The Labute approximate surface area is 106 Å². The van der Waals surface area contributed by atoms with E-state index in [1.807, 2.05) is 0 Å². The number of nitrogens with zero attached hydrogens (tertiary/aromatic N) is 1. The minimum absolute atomic E-state index is 0.201. The molecule has 0 saturated carbocycles. The van der Waals surface area contributed by atoms with Gasteiger partial charge in [0.15, 0.2) is 0 Å². The van der Waals surface area contributed by atoms with Gasteiger partial charge in [-0.25, -0.2) is 0 Å². The van der Waals surface area contributed by atoms with Gasteiger partial charge in [-0.2, -0.15) is 0 Å². The second-order valence-corrected chi connectivity index (χ2v) is 5.59. The van der Waals surface area contributed by atoms with Crippen LogP contribution in [-0.4, -0.2) is 25.2 Å². The normalized spacial score (nSPS) is 11.6. The van der Waals surface area contributed by atoms with Gasteiger partial charge in [-0.3, -0.25) is 0 Å². The zero-order valence-corrected chi connectivity index (χ0v) is 11.9. The Morgan fingerprint density at radius 1 is 1.12 bits per heavy atom. The van der Waals surface area contributed by atoms with E-state index in [0.29, 0.717) is 0 Å². The minimum atomic E-state index is 0.201. The number of benzene rings is 1. The highest BCUT2D eigenvalue weighted by Crippen LogP contribution is 2.14. The van der Waals surface area contributed by atoms with Crippen LogP contribution in [0.15, 0.2) is 24.3 Å². The highest BCUT2D eigenvalue weighted by Gasteiger charge is 2.09. The predicted octanol–water partition coefficient (Wildman–Crippen LogP) is 3.21. The maximum atomic E-state index is 3.53. The van der Waals surface area contributed by atoms with Crippen molar-refractivity contribution in [2.24, 2.45) is 0 Å². The summed E-state index contributed by atoms with van der Waals surface area (Å²) in [5.74, 6) is 0. The Bertz CT molecular complexity index is 322. The largest absolute Gasteiger partial charge is 0.371 e. The fraction of sp³-hybridized carbons (Fsp3) is 0.600. The summed E-state index contributed by atoms with van der Waals surface area (Å²) in [5.41, 5.74) is 2.83. The molecule has 0 aliphatic rings. The molecule has 96 valence electrons. The molecular formula is C15H26N2. The molecule has 0 saturated heterocycles. The van der Waals surface area contributed by atoms with Crippen molar-refractivity contribution < 1.29 is 0 Å². The summed E-state index contributed by atoms with van der Waals surface area (Å²) in [6, 6.07) is 8.76. The second kappa shape index (κ2) is 6.06. The third kappa shape index (κ3) is 5.22. The van der Waals surface area contributed by atoms with Crippen LogP contribution in [0.1, 0.15) is 33.3 Å². The monoisotopic (exact) mass is 234 g/mol. The number of aryl methyl sites for hydroxylation is 1. The SMILES string of the molecule is CCN(CCNC(C)(C)C)c1ccc(C)cc1. The van der Waals surface area contributed by atoms with Gasteiger partial charge in [-0.05, 0) is 46.8 Å². The van der Waals surface area contributed by atoms with Gasteiger partial charge in [0.05, 0.1) is 0 Å². The molecule has 0 unspecified atom stereocenters. The van der Waals surface area contributed by atoms with E-state index < -0.39 is 0 Å². The van der Waals surface area contributed by atoms with Gasteiger partial charge in [0, 0.05) is 30.9 Å². The number of hydrogen-bond donors (Lipinski definition) is 1. The molecule has 0 fully saturated rings. The third-order valence-corrected chi connectivity index (χ3v) is 2.82. The van der Waals surface area contributed by atoms with Crippen molar-refractivity contribution in [1.29, 1.82) is 0 Å². The summed E-state index contributed by atoms with van der Waals surface area (Å²) < 4.78 is 0. The average molecular weight is 234 g/mol. The fourth-order valence-corrected chi connectivity index (χ4v) is 1.79. The first-order chi connectivity index (χ1) is 7.92. The summed E-state index contributed by atoms with van der Waals surface area (Å²) >= 11 is 0. The fourth-order valence-electron chi connectivity index (χ4n) is 1.79. The topological polar surface area (TPSA) is 15.3 Å². The van der Waals surface area contributed by atoms with E-state index in [1.165, 1.54) is 11.3 Å². The number of likely N-dealkylation sites (N-methyl/N-ethyl adjacent to an activating group) is 1. The van der Waals surface area contributed by atoms with Gasteiger partial charge >= 0.3 is 0 Å². The lowest BCUT2D eigenvalue weighted by Gasteiger charge is -2.27. The number of nitrogens with one attached hydrogen (secondary N) is 1. The first kappa shape index (κ1) is 14.0. The molecule has 0 amide bonds. The first-order valence-corrected chi connectivity index (χ1v) is 6.49. The lowest BCUT2D eigenvalue weighted by molar-refractivity contribution is 0.429. The molecular weight excluding hydrogens is 208 g/mol. The van der Waals surface area contributed by atoms with Gasteiger partial charge in [0.2, 0.25) is 0 Å². The quantitative estimate of drug-likeness (QED) is 0.841. The van der Waals surface area contributed by atoms with Crippen LogP contribution in [-0.2, 0) is 0 Å². The van der Waals surface area contributed by atoms with Gasteiger partial charge in [0.25, 0.3) is 0 Å². The van der Waals surface area contributed by atoms with Gasteiger partial charge in [0.1, 0.15) is 0 Å². The molecule has 0 aromatic heterocycles. The molecule has 0 aliphatic carbocycles. The van der Waals surface area contributed by atoms with E-state index in [0.717, 1.165) is 19.6 Å². The van der Waals surface area contributed by atoms with Crippen molar-refractivity contribution in [3.8, 4) is 0 Å². The second-order valence-electron chi connectivity index (χ2n) is 5.59. The van der Waals surface area contributed by atoms with Gasteiger partial charge in [-0.15, -0.1) is 0 Å². The Balaban J connectivity index is 2.51. The van der Waals surface area contributed by atoms with Crippen LogP contribution >= 0.6 is 0 Å². The lowest BCUT2D eigenvalue weighted by atomic mass is 10.1. The van der Waals surface area contributed by atoms with E-state index in [2.05, 4.69) is 69.1 Å². The maximum Gasteiger partial charge on any atom is 0.0366 e. The highest BCUT2D eigenvalue weighted by atomic mass is 15.1. The molecule has 2 nitrogen and oxygen atoms in total. The van der Waals surface area contributed by atoms with Crippen LogP contribution in [0, 0.1) is 6.92 Å². The van der Waals surface area contributed by atoms with Crippen LogP contribution in [0.3, 0.4) is 0 Å². The molecule has 1 N–H and O–H groups in total. The zero-order valence-electron chi connectivity index (χ0n) is 11.9. The standard InChI is InChI=1S/C15H26N2/c1-6-17(12-11-16-15(3,4)5)14-9-7-13(2)8-10-14/h7-10,16H,6,11-12H2,1-5H3. The Morgan fingerprint density at radius 2 is 1.71 bits per heavy atom. The van der Waals surface area contributed by atoms with Crippen molar-refractivity contribution in [3.63, 3.8) is 0 Å². The van der Waals surface area contributed by atoms with Crippen molar-refractivity contribution in [2.75, 3.05) is 24.5 Å². The smallest absolute Gasteiger partial charge is 0.0366 e. The molecule has 1 aromatic rings. The number of anilines is 1. The average Bonchev–Trinajstić information content (AvgIpc) is 2.24. The zero-order chi connectivity index (χ0) is 12.9. The van der Waals surface area contributed by atoms with E-state index in [1.54, 1.807) is 0 Å². The molecule has 1 rings (SSSR count). The number of rotatable bonds is 5.